The third-order valence-corrected chi connectivity index (χ3v) is 5.06. The highest BCUT2D eigenvalue weighted by atomic mass is 16.6. The maximum Gasteiger partial charge on any atom is 0.269 e. The number of non-ortho nitro benzene ring substituents is 1. The topological polar surface area (TPSA) is 69.9 Å². The van der Waals surface area contributed by atoms with Crippen LogP contribution in [0.2, 0.25) is 0 Å². The number of nitro benzene ring substituents is 1. The van der Waals surface area contributed by atoms with Crippen LogP contribution in [0, 0.1) is 10.1 Å². The molecule has 1 aromatic rings. The van der Waals surface area contributed by atoms with Crippen LogP contribution in [0.1, 0.15) is 24.8 Å². The summed E-state index contributed by atoms with van der Waals surface area (Å²) < 4.78 is 0. The van der Waals surface area contributed by atoms with E-state index in [9.17, 15) is 14.9 Å². The first-order valence-electron chi connectivity index (χ1n) is 9.07. The van der Waals surface area contributed by atoms with Crippen LogP contribution in [0.3, 0.4) is 0 Å². The van der Waals surface area contributed by atoms with Gasteiger partial charge in [-0.2, -0.15) is 0 Å². The van der Waals surface area contributed by atoms with Gasteiger partial charge >= 0.3 is 0 Å². The number of hydrogen-bond acceptors (Lipinski definition) is 5. The van der Waals surface area contributed by atoms with Gasteiger partial charge in [-0.1, -0.05) is 12.1 Å². The number of piperazine rings is 1. The number of hydrogen-bond donors (Lipinski definition) is 0. The van der Waals surface area contributed by atoms with Gasteiger partial charge in [0.15, 0.2) is 0 Å². The molecule has 7 heteroatoms. The largest absolute Gasteiger partial charge is 0.342 e. The number of nitro groups is 1. The number of benzene rings is 1. The summed E-state index contributed by atoms with van der Waals surface area (Å²) in [6.45, 7) is 6.56. The fraction of sp³-hybridized carbons (Fsp3) is 0.611. The summed E-state index contributed by atoms with van der Waals surface area (Å²) in [7, 11) is 0. The molecule has 0 N–H and O–H groups in total. The van der Waals surface area contributed by atoms with Crippen LogP contribution in [0.5, 0.6) is 0 Å². The van der Waals surface area contributed by atoms with Gasteiger partial charge in [0.05, 0.1) is 11.5 Å². The minimum atomic E-state index is -0.354. The van der Waals surface area contributed by atoms with E-state index in [4.69, 9.17) is 0 Å². The standard InChI is InChI=1S/C18H26N4O3/c23-18(21-7-2-1-3-8-21)15-20-11-9-19(10-12-20)14-16-5-4-6-17(13-16)22(24)25/h4-6,13H,1-3,7-12,14-15H2. The summed E-state index contributed by atoms with van der Waals surface area (Å²) in [4.78, 5) is 29.4. The molecule has 136 valence electrons. The minimum Gasteiger partial charge on any atom is -0.342 e. The zero-order chi connectivity index (χ0) is 17.6. The molecule has 2 saturated heterocycles. The fourth-order valence-corrected chi connectivity index (χ4v) is 3.57. The molecule has 2 aliphatic rings. The van der Waals surface area contributed by atoms with Crippen molar-refractivity contribution < 1.29 is 9.72 Å². The van der Waals surface area contributed by atoms with Crippen molar-refractivity contribution >= 4 is 11.6 Å². The van der Waals surface area contributed by atoms with Crippen molar-refractivity contribution in [2.24, 2.45) is 0 Å². The molecule has 7 nitrogen and oxygen atoms in total. The Kier molecular flexibility index (Phi) is 5.99. The van der Waals surface area contributed by atoms with Gasteiger partial charge in [0, 0.05) is 57.9 Å². The highest BCUT2D eigenvalue weighted by molar-refractivity contribution is 5.78. The Morgan fingerprint density at radius 3 is 2.36 bits per heavy atom. The predicted molar refractivity (Wildman–Crippen MR) is 95.2 cm³/mol. The Balaban J connectivity index is 1.44. The van der Waals surface area contributed by atoms with Gasteiger partial charge in [-0.3, -0.25) is 24.7 Å². The summed E-state index contributed by atoms with van der Waals surface area (Å²) in [6, 6.07) is 6.83. The van der Waals surface area contributed by atoms with E-state index in [-0.39, 0.29) is 16.5 Å². The summed E-state index contributed by atoms with van der Waals surface area (Å²) in [6.07, 6.45) is 3.49. The lowest BCUT2D eigenvalue weighted by Crippen LogP contribution is -2.50. The van der Waals surface area contributed by atoms with E-state index in [0.717, 1.165) is 64.2 Å². The Bertz CT molecular complexity index is 608. The van der Waals surface area contributed by atoms with E-state index in [2.05, 4.69) is 9.80 Å². The Labute approximate surface area is 148 Å². The molecule has 0 aliphatic carbocycles. The van der Waals surface area contributed by atoms with Gasteiger partial charge in [0.25, 0.3) is 5.69 Å². The van der Waals surface area contributed by atoms with Crippen LogP contribution < -0.4 is 0 Å². The van der Waals surface area contributed by atoms with Crippen molar-refractivity contribution in [1.82, 2.24) is 14.7 Å². The molecule has 2 fully saturated rings. The molecule has 0 spiro atoms. The lowest BCUT2D eigenvalue weighted by molar-refractivity contribution is -0.384. The van der Waals surface area contributed by atoms with Crippen LogP contribution in [-0.2, 0) is 11.3 Å². The number of nitrogens with zero attached hydrogens (tertiary/aromatic N) is 4. The smallest absolute Gasteiger partial charge is 0.269 e. The summed E-state index contributed by atoms with van der Waals surface area (Å²) in [5, 5.41) is 10.9. The van der Waals surface area contributed by atoms with E-state index in [0.29, 0.717) is 6.54 Å². The van der Waals surface area contributed by atoms with E-state index < -0.39 is 0 Å². The fourth-order valence-electron chi connectivity index (χ4n) is 3.57. The normalized spacial score (nSPS) is 19.8. The second kappa shape index (κ2) is 8.40. The lowest BCUT2D eigenvalue weighted by Gasteiger charge is -2.36. The average molecular weight is 346 g/mol. The second-order valence-corrected chi connectivity index (χ2v) is 6.92. The van der Waals surface area contributed by atoms with Crippen molar-refractivity contribution in [3.05, 3.63) is 39.9 Å². The van der Waals surface area contributed by atoms with Gasteiger partial charge in [-0.05, 0) is 24.8 Å². The Morgan fingerprint density at radius 1 is 1.00 bits per heavy atom. The van der Waals surface area contributed by atoms with Crippen LogP contribution in [0.4, 0.5) is 5.69 Å². The quantitative estimate of drug-likeness (QED) is 0.600. The third kappa shape index (κ3) is 4.99. The summed E-state index contributed by atoms with van der Waals surface area (Å²) in [5.41, 5.74) is 1.11. The number of carbonyl (C=O) groups is 1. The average Bonchev–Trinajstić information content (AvgIpc) is 2.64. The molecule has 0 saturated carbocycles. The molecule has 2 heterocycles. The van der Waals surface area contributed by atoms with Gasteiger partial charge < -0.3 is 4.90 Å². The molecule has 0 radical (unpaired) electrons. The van der Waals surface area contributed by atoms with Gasteiger partial charge in [-0.25, -0.2) is 0 Å². The molecule has 0 bridgehead atoms. The van der Waals surface area contributed by atoms with Crippen LogP contribution in [-0.4, -0.2) is 71.3 Å². The Hall–Kier alpha value is -1.99. The zero-order valence-electron chi connectivity index (χ0n) is 14.6. The molecule has 1 amide bonds. The van der Waals surface area contributed by atoms with Crippen molar-refractivity contribution in [3.63, 3.8) is 0 Å². The Morgan fingerprint density at radius 2 is 1.68 bits per heavy atom. The van der Waals surface area contributed by atoms with Crippen LogP contribution in [0.25, 0.3) is 0 Å². The zero-order valence-corrected chi connectivity index (χ0v) is 14.6. The van der Waals surface area contributed by atoms with E-state index in [1.54, 1.807) is 12.1 Å². The van der Waals surface area contributed by atoms with Crippen molar-refractivity contribution in [2.45, 2.75) is 25.8 Å². The van der Waals surface area contributed by atoms with E-state index in [1.165, 1.54) is 12.5 Å². The predicted octanol–water partition coefficient (Wildman–Crippen LogP) is 1.72. The highest BCUT2D eigenvalue weighted by Gasteiger charge is 2.23. The molecule has 25 heavy (non-hydrogen) atoms. The maximum absolute atomic E-state index is 12.3. The molecule has 0 unspecified atom stereocenters. The molecular weight excluding hydrogens is 320 g/mol. The third-order valence-electron chi connectivity index (χ3n) is 5.06. The number of carbonyl (C=O) groups excluding carboxylic acids is 1. The van der Waals surface area contributed by atoms with Gasteiger partial charge in [0.1, 0.15) is 0 Å². The maximum atomic E-state index is 12.3. The number of likely N-dealkylation sites (tertiary alicyclic amines) is 1. The first-order chi connectivity index (χ1) is 12.1. The minimum absolute atomic E-state index is 0.142. The number of rotatable bonds is 5. The monoisotopic (exact) mass is 346 g/mol. The van der Waals surface area contributed by atoms with E-state index in [1.807, 2.05) is 11.0 Å². The molecule has 1 aromatic carbocycles. The lowest BCUT2D eigenvalue weighted by atomic mass is 10.1. The van der Waals surface area contributed by atoms with E-state index >= 15 is 0 Å². The van der Waals surface area contributed by atoms with Crippen molar-refractivity contribution in [3.8, 4) is 0 Å². The van der Waals surface area contributed by atoms with Crippen LogP contribution in [0.15, 0.2) is 24.3 Å². The van der Waals surface area contributed by atoms with Crippen molar-refractivity contribution in [1.29, 1.82) is 0 Å². The number of amides is 1. The van der Waals surface area contributed by atoms with Crippen molar-refractivity contribution in [2.75, 3.05) is 45.8 Å². The number of piperidine rings is 1. The molecule has 0 aromatic heterocycles. The van der Waals surface area contributed by atoms with Gasteiger partial charge in [-0.15, -0.1) is 0 Å². The second-order valence-electron chi connectivity index (χ2n) is 6.92. The summed E-state index contributed by atoms with van der Waals surface area (Å²) >= 11 is 0. The van der Waals surface area contributed by atoms with Crippen LogP contribution >= 0.6 is 0 Å². The molecular formula is C18H26N4O3. The highest BCUT2D eigenvalue weighted by Crippen LogP contribution is 2.16. The first-order valence-corrected chi connectivity index (χ1v) is 9.07. The SMILES string of the molecule is O=C(CN1CCN(Cc2cccc([N+](=O)[O-])c2)CC1)N1CCCCC1. The summed E-state index contributed by atoms with van der Waals surface area (Å²) in [5.74, 6) is 0.256. The first kappa shape index (κ1) is 17.8. The molecule has 2 aliphatic heterocycles. The molecule has 0 atom stereocenters. The van der Waals surface area contributed by atoms with Gasteiger partial charge in [0.2, 0.25) is 5.91 Å². The molecule has 3 rings (SSSR count).